The largest absolute Gasteiger partial charge is 0.495 e. The molecule has 0 aliphatic carbocycles. The number of ether oxygens (including phenoxy) is 1. The second kappa shape index (κ2) is 7.53. The summed E-state index contributed by atoms with van der Waals surface area (Å²) in [4.78, 5) is 12.0. The van der Waals surface area contributed by atoms with Crippen molar-refractivity contribution < 1.29 is 13.9 Å². The lowest BCUT2D eigenvalue weighted by molar-refractivity contribution is -0.114. The highest BCUT2D eigenvalue weighted by molar-refractivity contribution is 6.33. The molecule has 1 amide bonds. The van der Waals surface area contributed by atoms with E-state index < -0.39 is 5.82 Å². The fraction of sp³-hybridized carbons (Fsp3) is 0.188. The Morgan fingerprint density at radius 3 is 2.57 bits per heavy atom. The summed E-state index contributed by atoms with van der Waals surface area (Å²) < 4.78 is 18.2. The number of hydrogen-bond acceptors (Lipinski definition) is 3. The summed E-state index contributed by atoms with van der Waals surface area (Å²) in [6, 6.07) is 7.27. The Hall–Kier alpha value is -1.98. The lowest BCUT2D eigenvalue weighted by atomic mass is 10.2. The molecule has 2 aromatic rings. The van der Waals surface area contributed by atoms with Crippen molar-refractivity contribution in [3.05, 3.63) is 51.8 Å². The van der Waals surface area contributed by atoms with E-state index in [0.717, 1.165) is 5.56 Å². The molecule has 2 aromatic carbocycles. The van der Waals surface area contributed by atoms with Gasteiger partial charge in [-0.15, -0.1) is 0 Å². The monoisotopic (exact) mass is 356 g/mol. The maximum absolute atomic E-state index is 13.0. The minimum Gasteiger partial charge on any atom is -0.495 e. The molecule has 2 rings (SSSR count). The molecule has 2 N–H and O–H groups in total. The van der Waals surface area contributed by atoms with Gasteiger partial charge in [0.2, 0.25) is 5.91 Å². The highest BCUT2D eigenvalue weighted by atomic mass is 35.5. The minimum atomic E-state index is -0.439. The molecule has 0 saturated carbocycles. The van der Waals surface area contributed by atoms with Gasteiger partial charge in [-0.25, -0.2) is 4.39 Å². The van der Waals surface area contributed by atoms with Crippen molar-refractivity contribution in [3.8, 4) is 5.75 Å². The highest BCUT2D eigenvalue weighted by Crippen LogP contribution is 2.31. The number of benzene rings is 2. The van der Waals surface area contributed by atoms with Crippen LogP contribution >= 0.6 is 23.2 Å². The molecule has 0 heterocycles. The Bertz CT molecular complexity index is 738. The normalized spacial score (nSPS) is 10.3. The van der Waals surface area contributed by atoms with Crippen LogP contribution in [0.4, 0.5) is 15.8 Å². The Kier molecular flexibility index (Phi) is 5.69. The molecule has 0 fully saturated rings. The predicted octanol–water partition coefficient (Wildman–Crippen LogP) is 4.50. The van der Waals surface area contributed by atoms with E-state index >= 15 is 0 Å². The number of carbonyl (C=O) groups is 1. The first-order chi connectivity index (χ1) is 10.9. The summed E-state index contributed by atoms with van der Waals surface area (Å²) in [7, 11) is 1.49. The molecule has 0 spiro atoms. The van der Waals surface area contributed by atoms with E-state index in [9.17, 15) is 9.18 Å². The van der Waals surface area contributed by atoms with Crippen molar-refractivity contribution >= 4 is 40.5 Å². The quantitative estimate of drug-likeness (QED) is 0.828. The van der Waals surface area contributed by atoms with Crippen molar-refractivity contribution in [1.29, 1.82) is 0 Å². The van der Waals surface area contributed by atoms with Crippen LogP contribution < -0.4 is 15.4 Å². The summed E-state index contributed by atoms with van der Waals surface area (Å²) in [5, 5.41) is 6.33. The number of halogens is 3. The third-order valence-corrected chi connectivity index (χ3v) is 3.85. The topological polar surface area (TPSA) is 50.4 Å². The number of anilines is 2. The maximum atomic E-state index is 13.0. The molecule has 0 radical (unpaired) electrons. The van der Waals surface area contributed by atoms with E-state index in [0.29, 0.717) is 22.1 Å². The Morgan fingerprint density at radius 2 is 1.91 bits per heavy atom. The number of carbonyl (C=O) groups excluding carboxylic acids is 1. The first kappa shape index (κ1) is 17.4. The zero-order valence-corrected chi connectivity index (χ0v) is 14.1. The van der Waals surface area contributed by atoms with Gasteiger partial charge in [-0.05, 0) is 36.8 Å². The van der Waals surface area contributed by atoms with E-state index in [1.807, 2.05) is 6.92 Å². The van der Waals surface area contributed by atoms with Gasteiger partial charge < -0.3 is 15.4 Å². The fourth-order valence-corrected chi connectivity index (χ4v) is 2.32. The van der Waals surface area contributed by atoms with Gasteiger partial charge in [0, 0.05) is 11.1 Å². The van der Waals surface area contributed by atoms with Gasteiger partial charge in [-0.3, -0.25) is 4.79 Å². The van der Waals surface area contributed by atoms with E-state index in [2.05, 4.69) is 10.6 Å². The average Bonchev–Trinajstić information content (AvgIpc) is 2.49. The van der Waals surface area contributed by atoms with Crippen molar-refractivity contribution in [2.45, 2.75) is 6.92 Å². The van der Waals surface area contributed by atoms with E-state index in [1.165, 1.54) is 25.3 Å². The molecule has 23 heavy (non-hydrogen) atoms. The van der Waals surface area contributed by atoms with E-state index in [-0.39, 0.29) is 17.5 Å². The molecule has 122 valence electrons. The zero-order chi connectivity index (χ0) is 17.0. The fourth-order valence-electron chi connectivity index (χ4n) is 1.93. The maximum Gasteiger partial charge on any atom is 0.243 e. The third-order valence-electron chi connectivity index (χ3n) is 3.13. The van der Waals surface area contributed by atoms with Crippen LogP contribution in [0, 0.1) is 12.7 Å². The second-order valence-corrected chi connectivity index (χ2v) is 5.64. The van der Waals surface area contributed by atoms with Crippen LogP contribution in [0.5, 0.6) is 5.75 Å². The van der Waals surface area contributed by atoms with Gasteiger partial charge in [-0.1, -0.05) is 23.2 Å². The van der Waals surface area contributed by atoms with Crippen molar-refractivity contribution in [2.24, 2.45) is 0 Å². The molecule has 0 aromatic heterocycles. The van der Waals surface area contributed by atoms with Gasteiger partial charge in [0.25, 0.3) is 0 Å². The van der Waals surface area contributed by atoms with Crippen LogP contribution in [0.1, 0.15) is 5.56 Å². The van der Waals surface area contributed by atoms with Crippen LogP contribution in [0.25, 0.3) is 0 Å². The Balaban J connectivity index is 2.04. The molecule has 4 nitrogen and oxygen atoms in total. The van der Waals surface area contributed by atoms with Gasteiger partial charge in [0.15, 0.2) is 0 Å². The molecule has 0 aliphatic rings. The smallest absolute Gasteiger partial charge is 0.243 e. The van der Waals surface area contributed by atoms with Crippen LogP contribution in [-0.4, -0.2) is 19.6 Å². The zero-order valence-electron chi connectivity index (χ0n) is 12.5. The summed E-state index contributed by atoms with van der Waals surface area (Å²) in [6.07, 6.45) is 0. The SMILES string of the molecule is COc1cc(Cl)c(C)cc1NC(=O)CNc1ccc(F)cc1Cl. The number of amides is 1. The highest BCUT2D eigenvalue weighted by Gasteiger charge is 2.11. The van der Waals surface area contributed by atoms with Crippen molar-refractivity contribution in [1.82, 2.24) is 0 Å². The summed E-state index contributed by atoms with van der Waals surface area (Å²) in [5.41, 5.74) is 1.81. The minimum absolute atomic E-state index is 0.0316. The summed E-state index contributed by atoms with van der Waals surface area (Å²) in [6.45, 7) is 1.80. The van der Waals surface area contributed by atoms with Crippen molar-refractivity contribution in [2.75, 3.05) is 24.3 Å². The van der Waals surface area contributed by atoms with Gasteiger partial charge >= 0.3 is 0 Å². The molecule has 0 saturated heterocycles. The van der Waals surface area contributed by atoms with Gasteiger partial charge in [-0.2, -0.15) is 0 Å². The molecular weight excluding hydrogens is 342 g/mol. The van der Waals surface area contributed by atoms with Crippen LogP contribution in [0.2, 0.25) is 10.0 Å². The molecular formula is C16H15Cl2FN2O2. The van der Waals surface area contributed by atoms with Crippen molar-refractivity contribution in [3.63, 3.8) is 0 Å². The lowest BCUT2D eigenvalue weighted by Gasteiger charge is -2.13. The summed E-state index contributed by atoms with van der Waals surface area (Å²) in [5.74, 6) is -0.273. The van der Waals surface area contributed by atoms with Gasteiger partial charge in [0.05, 0.1) is 30.1 Å². The van der Waals surface area contributed by atoms with Crippen LogP contribution in [0.3, 0.4) is 0 Å². The molecule has 0 unspecified atom stereocenters. The number of hydrogen-bond donors (Lipinski definition) is 2. The molecule has 0 atom stereocenters. The second-order valence-electron chi connectivity index (χ2n) is 4.83. The number of rotatable bonds is 5. The average molecular weight is 357 g/mol. The lowest BCUT2D eigenvalue weighted by Crippen LogP contribution is -2.22. The van der Waals surface area contributed by atoms with Crippen LogP contribution in [-0.2, 0) is 4.79 Å². The number of aryl methyl sites for hydroxylation is 1. The predicted molar refractivity (Wildman–Crippen MR) is 91.3 cm³/mol. The molecule has 0 bridgehead atoms. The van der Waals surface area contributed by atoms with E-state index in [1.54, 1.807) is 12.1 Å². The molecule has 0 aliphatic heterocycles. The Labute approximate surface area is 143 Å². The number of nitrogens with one attached hydrogen (secondary N) is 2. The van der Waals surface area contributed by atoms with Crippen LogP contribution in [0.15, 0.2) is 30.3 Å². The third kappa shape index (κ3) is 4.50. The first-order valence-corrected chi connectivity index (χ1v) is 7.49. The summed E-state index contributed by atoms with van der Waals surface area (Å²) >= 11 is 11.9. The first-order valence-electron chi connectivity index (χ1n) is 6.73. The Morgan fingerprint density at radius 1 is 1.17 bits per heavy atom. The van der Waals surface area contributed by atoms with Gasteiger partial charge in [0.1, 0.15) is 11.6 Å². The van der Waals surface area contributed by atoms with E-state index in [4.69, 9.17) is 27.9 Å². The standard InChI is InChI=1S/C16H15Cl2FN2O2/c1-9-5-14(15(23-2)7-11(9)17)21-16(22)8-20-13-4-3-10(19)6-12(13)18/h3-7,20H,8H2,1-2H3,(H,21,22). The number of methoxy groups -OCH3 is 1. The molecule has 7 heteroatoms.